The van der Waals surface area contributed by atoms with Crippen LogP contribution in [0.25, 0.3) is 0 Å². The zero-order valence-corrected chi connectivity index (χ0v) is 9.28. The molecule has 14 heavy (non-hydrogen) atoms. The predicted octanol–water partition coefficient (Wildman–Crippen LogP) is -0.194. The van der Waals surface area contributed by atoms with Crippen LogP contribution < -0.4 is 4.98 Å². The molecule has 0 aliphatic rings. The summed E-state index contributed by atoms with van der Waals surface area (Å²) in [5.74, 6) is 0. The quantitative estimate of drug-likeness (QED) is 0.525. The van der Waals surface area contributed by atoms with Crippen molar-refractivity contribution in [3.8, 4) is 0 Å². The molecule has 4 N–H and O–H groups in total. The Kier molecular flexibility index (Phi) is 3.41. The molecule has 0 saturated carbocycles. The Morgan fingerprint density at radius 1 is 1.07 bits per heavy atom. The van der Waals surface area contributed by atoms with E-state index < -0.39 is 8.97 Å². The molecule has 0 heterocycles. The summed E-state index contributed by atoms with van der Waals surface area (Å²) < 4.78 is 0. The van der Waals surface area contributed by atoms with Crippen molar-refractivity contribution in [2.24, 2.45) is 0 Å². The highest BCUT2D eigenvalue weighted by atomic mass is 28.4. The van der Waals surface area contributed by atoms with Gasteiger partial charge in [0, 0.05) is 6.54 Å². The Bertz CT molecular complexity index is 302. The van der Waals surface area contributed by atoms with Crippen LogP contribution in [0.15, 0.2) is 18.2 Å². The summed E-state index contributed by atoms with van der Waals surface area (Å²) >= 11 is 0. The zero-order chi connectivity index (χ0) is 10.8. The number of aryl methyl sites for hydroxylation is 2. The van der Waals surface area contributed by atoms with Crippen LogP contribution in [-0.4, -0.2) is 23.4 Å². The van der Waals surface area contributed by atoms with Gasteiger partial charge in [-0.1, -0.05) is 29.3 Å². The predicted molar refractivity (Wildman–Crippen MR) is 55.2 cm³/mol. The van der Waals surface area contributed by atoms with Gasteiger partial charge in [-0.05, 0) is 19.4 Å². The number of hydrogen-bond donors (Lipinski definition) is 4. The highest BCUT2D eigenvalue weighted by Gasteiger charge is 2.26. The molecule has 1 aromatic carbocycles. The van der Waals surface area contributed by atoms with Crippen LogP contribution in [0.5, 0.6) is 0 Å². The van der Waals surface area contributed by atoms with Crippen LogP contribution in [0.1, 0.15) is 16.7 Å². The zero-order valence-electron chi connectivity index (χ0n) is 8.28. The van der Waals surface area contributed by atoms with Gasteiger partial charge in [-0.25, -0.2) is 0 Å². The Hall–Kier alpha value is -0.723. The van der Waals surface area contributed by atoms with E-state index in [0.29, 0.717) is 0 Å². The number of rotatable bonds is 3. The molecular weight excluding hydrogens is 198 g/mol. The summed E-state index contributed by atoms with van der Waals surface area (Å²) in [6.45, 7) is 4.20. The van der Waals surface area contributed by atoms with Crippen molar-refractivity contribution in [2.75, 3.05) is 0 Å². The average molecular weight is 213 g/mol. The van der Waals surface area contributed by atoms with Gasteiger partial charge in [-0.15, -0.1) is 0 Å². The topological polar surface area (TPSA) is 72.7 Å². The van der Waals surface area contributed by atoms with E-state index in [2.05, 4.69) is 4.98 Å². The molecule has 0 atom stereocenters. The van der Waals surface area contributed by atoms with Gasteiger partial charge in [0.2, 0.25) is 0 Å². The molecule has 0 bridgehead atoms. The second-order valence-corrected chi connectivity index (χ2v) is 5.11. The average Bonchev–Trinajstić information content (AvgIpc) is 1.97. The summed E-state index contributed by atoms with van der Waals surface area (Å²) in [4.78, 5) is 28.6. The fourth-order valence-corrected chi connectivity index (χ4v) is 1.83. The Labute approximate surface area is 84.3 Å². The smallest absolute Gasteiger partial charge is 0.377 e. The van der Waals surface area contributed by atoms with Gasteiger partial charge in [-0.3, -0.25) is 4.98 Å². The van der Waals surface area contributed by atoms with Crippen molar-refractivity contribution in [3.63, 3.8) is 0 Å². The Balaban J connectivity index is 2.68. The molecule has 0 radical (unpaired) electrons. The number of benzene rings is 1. The lowest BCUT2D eigenvalue weighted by atomic mass is 10.1. The molecular formula is C9H15NO3Si. The molecule has 0 fully saturated rings. The van der Waals surface area contributed by atoms with Crippen LogP contribution in [-0.2, 0) is 6.54 Å². The van der Waals surface area contributed by atoms with Crippen molar-refractivity contribution in [3.05, 3.63) is 34.9 Å². The first kappa shape index (κ1) is 11.4. The lowest BCUT2D eigenvalue weighted by Crippen LogP contribution is -2.51. The minimum Gasteiger partial charge on any atom is -0.377 e. The van der Waals surface area contributed by atoms with Gasteiger partial charge in [-0.2, -0.15) is 0 Å². The van der Waals surface area contributed by atoms with Crippen LogP contribution in [0.3, 0.4) is 0 Å². The molecule has 5 heteroatoms. The fraction of sp³-hybridized carbons (Fsp3) is 0.333. The third-order valence-corrected chi connectivity index (χ3v) is 2.46. The maximum atomic E-state index is 8.76. The SMILES string of the molecule is Cc1cc(C)cc(CN[Si](O)(O)O)c1. The van der Waals surface area contributed by atoms with E-state index in [9.17, 15) is 0 Å². The van der Waals surface area contributed by atoms with Crippen LogP contribution >= 0.6 is 0 Å². The minimum absolute atomic E-state index is 0.262. The molecule has 0 aliphatic carbocycles. The molecule has 0 unspecified atom stereocenters. The van der Waals surface area contributed by atoms with Gasteiger partial charge < -0.3 is 14.4 Å². The maximum Gasteiger partial charge on any atom is 0.588 e. The second-order valence-electron chi connectivity index (χ2n) is 3.48. The normalized spacial score (nSPS) is 11.8. The third kappa shape index (κ3) is 3.99. The first-order valence-electron chi connectivity index (χ1n) is 4.36. The van der Waals surface area contributed by atoms with Crippen LogP contribution in [0, 0.1) is 13.8 Å². The Morgan fingerprint density at radius 3 is 2.00 bits per heavy atom. The fourth-order valence-electron chi connectivity index (χ4n) is 1.39. The van der Waals surface area contributed by atoms with Crippen molar-refractivity contribution < 1.29 is 14.4 Å². The van der Waals surface area contributed by atoms with E-state index in [4.69, 9.17) is 14.4 Å². The molecule has 0 amide bonds. The van der Waals surface area contributed by atoms with E-state index >= 15 is 0 Å². The van der Waals surface area contributed by atoms with Gasteiger partial charge in [0.25, 0.3) is 0 Å². The molecule has 78 valence electrons. The number of nitrogens with one attached hydrogen (secondary N) is 1. The molecule has 0 aliphatic heterocycles. The van der Waals surface area contributed by atoms with Crippen LogP contribution in [0.2, 0.25) is 0 Å². The largest absolute Gasteiger partial charge is 0.588 e. The first-order chi connectivity index (χ1) is 6.37. The van der Waals surface area contributed by atoms with E-state index in [1.54, 1.807) is 0 Å². The molecule has 1 aromatic rings. The standard InChI is InChI=1S/C9H15NO3Si/c1-7-3-8(2)5-9(4-7)6-10-14(11,12)13/h3-5,10-13H,6H2,1-2H3. The van der Waals surface area contributed by atoms with Gasteiger partial charge >= 0.3 is 8.97 Å². The van der Waals surface area contributed by atoms with Crippen molar-refractivity contribution in [2.45, 2.75) is 20.4 Å². The van der Waals surface area contributed by atoms with E-state index in [0.717, 1.165) is 16.7 Å². The minimum atomic E-state index is -4.12. The highest BCUT2D eigenvalue weighted by Crippen LogP contribution is 2.08. The second kappa shape index (κ2) is 4.20. The van der Waals surface area contributed by atoms with E-state index in [-0.39, 0.29) is 6.54 Å². The van der Waals surface area contributed by atoms with Gasteiger partial charge in [0.15, 0.2) is 0 Å². The summed E-state index contributed by atoms with van der Waals surface area (Å²) in [7, 11) is -4.12. The summed E-state index contributed by atoms with van der Waals surface area (Å²) in [5.41, 5.74) is 3.15. The number of hydrogen-bond acceptors (Lipinski definition) is 4. The lowest BCUT2D eigenvalue weighted by Gasteiger charge is -2.11. The lowest BCUT2D eigenvalue weighted by molar-refractivity contribution is 0.208. The third-order valence-electron chi connectivity index (χ3n) is 1.81. The summed E-state index contributed by atoms with van der Waals surface area (Å²) in [6, 6.07) is 5.89. The maximum absolute atomic E-state index is 8.76. The Morgan fingerprint density at radius 2 is 1.57 bits per heavy atom. The van der Waals surface area contributed by atoms with E-state index in [1.807, 2.05) is 32.0 Å². The van der Waals surface area contributed by atoms with Crippen molar-refractivity contribution in [1.29, 1.82) is 0 Å². The summed E-state index contributed by atoms with van der Waals surface area (Å²) in [5, 5.41) is 0. The van der Waals surface area contributed by atoms with Crippen molar-refractivity contribution in [1.82, 2.24) is 4.98 Å². The monoisotopic (exact) mass is 213 g/mol. The molecule has 0 spiro atoms. The molecule has 4 nitrogen and oxygen atoms in total. The summed E-state index contributed by atoms with van der Waals surface area (Å²) in [6.07, 6.45) is 0. The van der Waals surface area contributed by atoms with Crippen molar-refractivity contribution >= 4 is 8.97 Å². The first-order valence-corrected chi connectivity index (χ1v) is 6.20. The molecule has 1 rings (SSSR count). The molecule has 0 aromatic heterocycles. The van der Waals surface area contributed by atoms with Crippen LogP contribution in [0.4, 0.5) is 0 Å². The highest BCUT2D eigenvalue weighted by molar-refractivity contribution is 6.53. The van der Waals surface area contributed by atoms with E-state index in [1.165, 1.54) is 0 Å². The van der Waals surface area contributed by atoms with Gasteiger partial charge in [0.05, 0.1) is 0 Å². The molecule has 0 saturated heterocycles. The van der Waals surface area contributed by atoms with Gasteiger partial charge in [0.1, 0.15) is 0 Å².